The molecule has 0 unspecified atom stereocenters. The standard InChI is InChI=1S/C18H16ClN3O4/c1-11-3-8-14(19)9-15(11)21-16(23)17(24)22-20-10-12-4-6-13(7-5-12)18(25)26-2/h3-10H,1-2H3,(H,21,23)(H,22,24)/b20-10-. The molecule has 2 amide bonds. The topological polar surface area (TPSA) is 96.9 Å². The summed E-state index contributed by atoms with van der Waals surface area (Å²) in [5, 5.41) is 6.62. The van der Waals surface area contributed by atoms with Gasteiger partial charge in [0.1, 0.15) is 0 Å². The lowest BCUT2D eigenvalue weighted by molar-refractivity contribution is -0.136. The van der Waals surface area contributed by atoms with Gasteiger partial charge in [-0.2, -0.15) is 5.10 Å². The van der Waals surface area contributed by atoms with Crippen LogP contribution < -0.4 is 10.7 Å². The van der Waals surface area contributed by atoms with Gasteiger partial charge in [0.2, 0.25) is 0 Å². The molecule has 26 heavy (non-hydrogen) atoms. The van der Waals surface area contributed by atoms with E-state index in [0.29, 0.717) is 21.8 Å². The van der Waals surface area contributed by atoms with Gasteiger partial charge in [-0.1, -0.05) is 29.8 Å². The number of rotatable bonds is 4. The number of carbonyl (C=O) groups is 3. The van der Waals surface area contributed by atoms with E-state index in [9.17, 15) is 14.4 Å². The van der Waals surface area contributed by atoms with E-state index in [4.69, 9.17) is 11.6 Å². The van der Waals surface area contributed by atoms with Gasteiger partial charge in [-0.15, -0.1) is 0 Å². The van der Waals surface area contributed by atoms with E-state index in [1.165, 1.54) is 13.3 Å². The van der Waals surface area contributed by atoms with Crippen molar-refractivity contribution in [2.24, 2.45) is 5.10 Å². The molecular formula is C18H16ClN3O4. The van der Waals surface area contributed by atoms with Gasteiger partial charge >= 0.3 is 17.8 Å². The number of hydrogen-bond donors (Lipinski definition) is 2. The van der Waals surface area contributed by atoms with Crippen molar-refractivity contribution in [1.29, 1.82) is 0 Å². The number of nitrogens with zero attached hydrogens (tertiary/aromatic N) is 1. The molecule has 0 aliphatic heterocycles. The molecule has 2 aromatic carbocycles. The van der Waals surface area contributed by atoms with Crippen LogP contribution in [0.15, 0.2) is 47.6 Å². The second-order valence-corrected chi connectivity index (χ2v) is 5.66. The van der Waals surface area contributed by atoms with Crippen molar-refractivity contribution >= 4 is 41.3 Å². The van der Waals surface area contributed by atoms with Crippen molar-refractivity contribution in [3.8, 4) is 0 Å². The number of hydrazone groups is 1. The Morgan fingerprint density at radius 3 is 2.42 bits per heavy atom. The fraction of sp³-hybridized carbons (Fsp3) is 0.111. The Labute approximate surface area is 155 Å². The van der Waals surface area contributed by atoms with Crippen LogP contribution in [0, 0.1) is 6.92 Å². The molecular weight excluding hydrogens is 358 g/mol. The zero-order valence-corrected chi connectivity index (χ0v) is 14.8. The number of methoxy groups -OCH3 is 1. The van der Waals surface area contributed by atoms with E-state index in [1.54, 1.807) is 49.4 Å². The number of anilines is 1. The molecule has 8 heteroatoms. The van der Waals surface area contributed by atoms with Crippen molar-refractivity contribution in [3.05, 3.63) is 64.2 Å². The largest absolute Gasteiger partial charge is 0.465 e. The third kappa shape index (κ3) is 5.15. The lowest BCUT2D eigenvalue weighted by Gasteiger charge is -2.07. The fourth-order valence-corrected chi connectivity index (χ4v) is 2.12. The van der Waals surface area contributed by atoms with Gasteiger partial charge in [0, 0.05) is 10.7 Å². The van der Waals surface area contributed by atoms with Crippen LogP contribution in [0.2, 0.25) is 5.02 Å². The third-order valence-corrected chi connectivity index (χ3v) is 3.60. The minimum absolute atomic E-state index is 0.393. The van der Waals surface area contributed by atoms with E-state index in [-0.39, 0.29) is 0 Å². The van der Waals surface area contributed by atoms with Crippen LogP contribution in [-0.2, 0) is 14.3 Å². The normalized spacial score (nSPS) is 10.4. The molecule has 0 saturated carbocycles. The summed E-state index contributed by atoms with van der Waals surface area (Å²) in [6, 6.07) is 11.3. The molecule has 2 N–H and O–H groups in total. The maximum Gasteiger partial charge on any atom is 0.337 e. The van der Waals surface area contributed by atoms with Gasteiger partial charge in [0.25, 0.3) is 0 Å². The van der Waals surface area contributed by atoms with E-state index in [0.717, 1.165) is 5.56 Å². The summed E-state index contributed by atoms with van der Waals surface area (Å²) in [5.74, 6) is -2.24. The highest BCUT2D eigenvalue weighted by atomic mass is 35.5. The quantitative estimate of drug-likeness (QED) is 0.372. The number of aryl methyl sites for hydroxylation is 1. The Morgan fingerprint density at radius 2 is 1.77 bits per heavy atom. The Kier molecular flexibility index (Phi) is 6.46. The number of ether oxygens (including phenoxy) is 1. The molecule has 0 heterocycles. The fourth-order valence-electron chi connectivity index (χ4n) is 1.95. The first-order valence-corrected chi connectivity index (χ1v) is 7.87. The predicted octanol–water partition coefficient (Wildman–Crippen LogP) is 2.52. The second-order valence-electron chi connectivity index (χ2n) is 5.23. The molecule has 2 aromatic rings. The summed E-state index contributed by atoms with van der Waals surface area (Å²) < 4.78 is 4.60. The smallest absolute Gasteiger partial charge is 0.337 e. The van der Waals surface area contributed by atoms with Crippen LogP contribution in [0.1, 0.15) is 21.5 Å². The third-order valence-electron chi connectivity index (χ3n) is 3.37. The maximum absolute atomic E-state index is 11.9. The Bertz CT molecular complexity index is 863. The lowest BCUT2D eigenvalue weighted by atomic mass is 10.1. The molecule has 0 aromatic heterocycles. The minimum Gasteiger partial charge on any atom is -0.465 e. The SMILES string of the molecule is COC(=O)c1ccc(/C=N\NC(=O)C(=O)Nc2cc(Cl)ccc2C)cc1. The van der Waals surface area contributed by atoms with Gasteiger partial charge in [-0.3, -0.25) is 9.59 Å². The molecule has 7 nitrogen and oxygen atoms in total. The Morgan fingerprint density at radius 1 is 1.08 bits per heavy atom. The number of benzene rings is 2. The molecule has 0 bridgehead atoms. The van der Waals surface area contributed by atoms with Crippen LogP contribution in [0.25, 0.3) is 0 Å². The molecule has 134 valence electrons. The van der Waals surface area contributed by atoms with Gasteiger partial charge in [-0.25, -0.2) is 10.2 Å². The minimum atomic E-state index is -0.924. The van der Waals surface area contributed by atoms with E-state index >= 15 is 0 Å². The highest BCUT2D eigenvalue weighted by Gasteiger charge is 2.14. The van der Waals surface area contributed by atoms with Gasteiger partial charge < -0.3 is 10.1 Å². The predicted molar refractivity (Wildman–Crippen MR) is 98.3 cm³/mol. The average Bonchev–Trinajstić information content (AvgIpc) is 2.64. The van der Waals surface area contributed by atoms with E-state index in [1.807, 2.05) is 0 Å². The van der Waals surface area contributed by atoms with Crippen LogP contribution in [0.3, 0.4) is 0 Å². The van der Waals surface area contributed by atoms with Crippen LogP contribution >= 0.6 is 11.6 Å². The zero-order chi connectivity index (χ0) is 19.1. The summed E-state index contributed by atoms with van der Waals surface area (Å²) >= 11 is 5.87. The van der Waals surface area contributed by atoms with E-state index in [2.05, 4.69) is 20.6 Å². The highest BCUT2D eigenvalue weighted by Crippen LogP contribution is 2.19. The van der Waals surface area contributed by atoms with Crippen molar-refractivity contribution < 1.29 is 19.1 Å². The Hall–Kier alpha value is -3.19. The Balaban J connectivity index is 1.93. The molecule has 0 fully saturated rings. The number of nitrogens with one attached hydrogen (secondary N) is 2. The van der Waals surface area contributed by atoms with Gasteiger partial charge in [0.05, 0.1) is 18.9 Å². The molecule has 0 spiro atoms. The zero-order valence-electron chi connectivity index (χ0n) is 14.1. The maximum atomic E-state index is 11.9. The molecule has 0 radical (unpaired) electrons. The number of carbonyl (C=O) groups excluding carboxylic acids is 3. The van der Waals surface area contributed by atoms with Crippen molar-refractivity contribution in [2.45, 2.75) is 6.92 Å². The van der Waals surface area contributed by atoms with Crippen LogP contribution in [0.5, 0.6) is 0 Å². The van der Waals surface area contributed by atoms with Crippen molar-refractivity contribution in [3.63, 3.8) is 0 Å². The molecule has 0 aliphatic carbocycles. The molecule has 0 saturated heterocycles. The first-order valence-electron chi connectivity index (χ1n) is 7.49. The summed E-state index contributed by atoms with van der Waals surface area (Å²) in [6.07, 6.45) is 1.34. The van der Waals surface area contributed by atoms with Crippen molar-refractivity contribution in [1.82, 2.24) is 5.43 Å². The van der Waals surface area contributed by atoms with Crippen LogP contribution in [0.4, 0.5) is 5.69 Å². The highest BCUT2D eigenvalue weighted by molar-refractivity contribution is 6.40. The van der Waals surface area contributed by atoms with Gasteiger partial charge in [-0.05, 0) is 42.3 Å². The summed E-state index contributed by atoms with van der Waals surface area (Å²) in [6.45, 7) is 1.78. The number of esters is 1. The molecule has 0 aliphatic rings. The van der Waals surface area contributed by atoms with Crippen LogP contribution in [-0.4, -0.2) is 31.1 Å². The average molecular weight is 374 g/mol. The molecule has 0 atom stereocenters. The molecule has 2 rings (SSSR count). The number of hydrogen-bond acceptors (Lipinski definition) is 5. The first kappa shape index (κ1) is 19.1. The summed E-state index contributed by atoms with van der Waals surface area (Å²) in [7, 11) is 1.29. The summed E-state index contributed by atoms with van der Waals surface area (Å²) in [4.78, 5) is 35.0. The van der Waals surface area contributed by atoms with Gasteiger partial charge in [0.15, 0.2) is 0 Å². The van der Waals surface area contributed by atoms with E-state index < -0.39 is 17.8 Å². The number of halogens is 1. The second kappa shape index (κ2) is 8.77. The monoisotopic (exact) mass is 373 g/mol. The lowest BCUT2D eigenvalue weighted by Crippen LogP contribution is -2.32. The first-order chi connectivity index (χ1) is 12.4. The summed E-state index contributed by atoms with van der Waals surface area (Å²) in [5.41, 5.74) is 4.36. The number of amides is 2. The van der Waals surface area contributed by atoms with Crippen molar-refractivity contribution in [2.75, 3.05) is 12.4 Å².